The topological polar surface area (TPSA) is 78.4 Å². The number of piperidine rings is 1. The predicted octanol–water partition coefficient (Wildman–Crippen LogP) is 2.26. The molecule has 1 unspecified atom stereocenters. The Hall–Kier alpha value is -2.00. The zero-order valence-corrected chi connectivity index (χ0v) is 16.0. The number of hydrogen-bond donors (Lipinski definition) is 1. The van der Waals surface area contributed by atoms with Crippen molar-refractivity contribution in [3.63, 3.8) is 0 Å². The summed E-state index contributed by atoms with van der Waals surface area (Å²) in [5, 5.41) is 15.0. The molecule has 0 bridgehead atoms. The molecule has 9 heteroatoms. The summed E-state index contributed by atoms with van der Waals surface area (Å²) in [7, 11) is 0. The summed E-state index contributed by atoms with van der Waals surface area (Å²) >= 11 is 3.09. The van der Waals surface area contributed by atoms with Crippen molar-refractivity contribution in [2.24, 2.45) is 5.92 Å². The van der Waals surface area contributed by atoms with E-state index in [1.54, 1.807) is 16.2 Å². The third kappa shape index (κ3) is 3.73. The number of hydrogen-bond acceptors (Lipinski definition) is 7. The summed E-state index contributed by atoms with van der Waals surface area (Å²) in [4.78, 5) is 29.4. The van der Waals surface area contributed by atoms with Crippen molar-refractivity contribution in [1.82, 2.24) is 15.5 Å². The lowest BCUT2D eigenvalue weighted by Crippen LogP contribution is -2.42. The predicted molar refractivity (Wildman–Crippen MR) is 103 cm³/mol. The Morgan fingerprint density at radius 2 is 2.15 bits per heavy atom. The molecular weight excluding hydrogens is 370 g/mol. The van der Waals surface area contributed by atoms with Crippen LogP contribution >= 0.6 is 22.7 Å². The minimum absolute atomic E-state index is 0.0375. The maximum absolute atomic E-state index is 12.5. The molecule has 138 valence electrons. The molecule has 0 radical (unpaired) electrons. The monoisotopic (exact) mass is 391 g/mol. The quantitative estimate of drug-likeness (QED) is 0.846. The average Bonchev–Trinajstić information content (AvgIpc) is 3.41. The van der Waals surface area contributed by atoms with Gasteiger partial charge in [0.25, 0.3) is 0 Å². The zero-order valence-electron chi connectivity index (χ0n) is 14.4. The van der Waals surface area contributed by atoms with Gasteiger partial charge in [-0.2, -0.15) is 0 Å². The Morgan fingerprint density at radius 1 is 1.27 bits per heavy atom. The van der Waals surface area contributed by atoms with Crippen LogP contribution in [0.3, 0.4) is 0 Å². The number of rotatable bonds is 5. The van der Waals surface area contributed by atoms with E-state index >= 15 is 0 Å². The largest absolute Gasteiger partial charge is 0.351 e. The van der Waals surface area contributed by atoms with Crippen molar-refractivity contribution in [2.75, 3.05) is 29.4 Å². The molecule has 2 aliphatic heterocycles. The first-order valence-electron chi connectivity index (χ1n) is 8.89. The summed E-state index contributed by atoms with van der Waals surface area (Å²) in [5.41, 5.74) is 0. The molecule has 26 heavy (non-hydrogen) atoms. The van der Waals surface area contributed by atoms with Crippen molar-refractivity contribution < 1.29 is 9.59 Å². The van der Waals surface area contributed by atoms with Crippen LogP contribution in [0.2, 0.25) is 0 Å². The van der Waals surface area contributed by atoms with Crippen LogP contribution in [0.1, 0.15) is 30.6 Å². The summed E-state index contributed by atoms with van der Waals surface area (Å²) in [6, 6.07) is 4.02. The lowest BCUT2D eigenvalue weighted by Gasteiger charge is -2.31. The van der Waals surface area contributed by atoms with Crippen LogP contribution in [0.4, 0.5) is 10.3 Å². The number of carbonyl (C=O) groups excluding carboxylic acids is 2. The highest BCUT2D eigenvalue weighted by Gasteiger charge is 2.29. The van der Waals surface area contributed by atoms with Gasteiger partial charge in [-0.3, -0.25) is 14.5 Å². The molecule has 2 amide bonds. The Bertz CT molecular complexity index is 776. The number of amides is 2. The number of carbonyl (C=O) groups is 2. The Kier molecular flexibility index (Phi) is 5.16. The van der Waals surface area contributed by atoms with Crippen LogP contribution < -0.4 is 15.1 Å². The molecule has 0 aliphatic carbocycles. The van der Waals surface area contributed by atoms with Crippen LogP contribution in [0.15, 0.2) is 17.5 Å². The Morgan fingerprint density at radius 3 is 2.92 bits per heavy atom. The van der Waals surface area contributed by atoms with Crippen LogP contribution in [-0.2, 0) is 16.1 Å². The molecule has 0 spiro atoms. The molecule has 4 heterocycles. The molecule has 2 aromatic rings. The van der Waals surface area contributed by atoms with Crippen LogP contribution in [-0.4, -0.2) is 41.6 Å². The van der Waals surface area contributed by atoms with E-state index < -0.39 is 0 Å². The second-order valence-corrected chi connectivity index (χ2v) is 8.57. The first-order valence-corrected chi connectivity index (χ1v) is 10.6. The lowest BCUT2D eigenvalue weighted by molar-refractivity contribution is -0.125. The molecule has 0 saturated carbocycles. The van der Waals surface area contributed by atoms with Crippen molar-refractivity contribution in [2.45, 2.75) is 32.2 Å². The maximum Gasteiger partial charge on any atom is 0.228 e. The first kappa shape index (κ1) is 17.4. The van der Waals surface area contributed by atoms with E-state index in [4.69, 9.17) is 0 Å². The van der Waals surface area contributed by atoms with Crippen LogP contribution in [0.25, 0.3) is 0 Å². The summed E-state index contributed by atoms with van der Waals surface area (Å²) < 4.78 is 0. The molecular formula is C17H21N5O2S2. The molecule has 7 nitrogen and oxygen atoms in total. The van der Waals surface area contributed by atoms with Gasteiger partial charge in [0.2, 0.25) is 22.1 Å². The molecule has 1 atom stereocenters. The molecule has 2 fully saturated rings. The number of anilines is 2. The number of aromatic nitrogens is 2. The SMILES string of the molecule is O=C(NCc1cccs1)C1CCCN(c2nnc(N3CCCC3=O)s2)C1. The van der Waals surface area contributed by atoms with Gasteiger partial charge in [-0.1, -0.05) is 17.4 Å². The smallest absolute Gasteiger partial charge is 0.228 e. The Labute approximate surface area is 160 Å². The van der Waals surface area contributed by atoms with Crippen LogP contribution in [0, 0.1) is 5.92 Å². The average molecular weight is 392 g/mol. The second kappa shape index (κ2) is 7.71. The van der Waals surface area contributed by atoms with Gasteiger partial charge in [0.15, 0.2) is 0 Å². The van der Waals surface area contributed by atoms with Crippen LogP contribution in [0.5, 0.6) is 0 Å². The summed E-state index contributed by atoms with van der Waals surface area (Å²) in [6.07, 6.45) is 3.31. The lowest BCUT2D eigenvalue weighted by atomic mass is 9.97. The minimum Gasteiger partial charge on any atom is -0.351 e. The zero-order chi connectivity index (χ0) is 17.9. The molecule has 2 aromatic heterocycles. The van der Waals surface area contributed by atoms with E-state index in [2.05, 4.69) is 20.4 Å². The van der Waals surface area contributed by atoms with Gasteiger partial charge < -0.3 is 10.2 Å². The van der Waals surface area contributed by atoms with E-state index in [9.17, 15) is 9.59 Å². The minimum atomic E-state index is -0.0375. The van der Waals surface area contributed by atoms with Crippen molar-refractivity contribution in [3.8, 4) is 0 Å². The highest BCUT2D eigenvalue weighted by atomic mass is 32.1. The van der Waals surface area contributed by atoms with Gasteiger partial charge >= 0.3 is 0 Å². The summed E-state index contributed by atoms with van der Waals surface area (Å²) in [5.74, 6) is 0.184. The van der Waals surface area contributed by atoms with Gasteiger partial charge in [-0.15, -0.1) is 21.5 Å². The normalized spacial score (nSPS) is 20.6. The van der Waals surface area contributed by atoms with Gasteiger partial charge in [-0.05, 0) is 30.7 Å². The molecule has 2 saturated heterocycles. The second-order valence-electron chi connectivity index (χ2n) is 6.60. The third-order valence-electron chi connectivity index (χ3n) is 4.79. The fourth-order valence-corrected chi connectivity index (χ4v) is 4.96. The standard InChI is InChI=1S/C17H21N5O2S2/c23-14-6-2-8-22(14)17-20-19-16(26-17)21-7-1-4-12(11-21)15(24)18-10-13-5-3-9-25-13/h3,5,9,12H,1-2,4,6-8,10-11H2,(H,18,24). The van der Waals surface area contributed by atoms with Gasteiger partial charge in [0.1, 0.15) is 0 Å². The fraction of sp³-hybridized carbons (Fsp3) is 0.529. The maximum atomic E-state index is 12.5. The van der Waals surface area contributed by atoms with Gasteiger partial charge in [0, 0.05) is 30.9 Å². The van der Waals surface area contributed by atoms with Gasteiger partial charge in [0.05, 0.1) is 12.5 Å². The van der Waals surface area contributed by atoms with E-state index in [-0.39, 0.29) is 17.7 Å². The van der Waals surface area contributed by atoms with E-state index in [1.165, 1.54) is 11.3 Å². The molecule has 4 rings (SSSR count). The molecule has 1 N–H and O–H groups in total. The summed E-state index contributed by atoms with van der Waals surface area (Å²) in [6.45, 7) is 2.84. The van der Waals surface area contributed by atoms with Crippen molar-refractivity contribution in [3.05, 3.63) is 22.4 Å². The van der Waals surface area contributed by atoms with Crippen molar-refractivity contribution in [1.29, 1.82) is 0 Å². The highest BCUT2D eigenvalue weighted by Crippen LogP contribution is 2.32. The number of nitrogens with one attached hydrogen (secondary N) is 1. The fourth-order valence-electron chi connectivity index (χ4n) is 3.39. The molecule has 2 aliphatic rings. The van der Waals surface area contributed by atoms with E-state index in [1.807, 2.05) is 17.5 Å². The first-order chi connectivity index (χ1) is 12.7. The Balaban J connectivity index is 1.36. The van der Waals surface area contributed by atoms with Crippen molar-refractivity contribution >= 4 is 44.8 Å². The third-order valence-corrected chi connectivity index (χ3v) is 6.67. The van der Waals surface area contributed by atoms with Gasteiger partial charge in [-0.25, -0.2) is 0 Å². The van der Waals surface area contributed by atoms with E-state index in [0.717, 1.165) is 42.4 Å². The highest BCUT2D eigenvalue weighted by molar-refractivity contribution is 7.19. The molecule has 0 aromatic carbocycles. The number of thiophene rings is 1. The van der Waals surface area contributed by atoms with E-state index in [0.29, 0.717) is 24.6 Å². The number of nitrogens with zero attached hydrogens (tertiary/aromatic N) is 4.